The van der Waals surface area contributed by atoms with Gasteiger partial charge in [0.05, 0.1) is 13.2 Å². The van der Waals surface area contributed by atoms with Gasteiger partial charge in [-0.05, 0) is 54.8 Å². The molecule has 1 heterocycles. The normalized spacial score (nSPS) is 15.8. The number of piperazine rings is 1. The zero-order valence-electron chi connectivity index (χ0n) is 20.4. The Morgan fingerprint density at radius 2 is 1.94 bits per heavy atom. The van der Waals surface area contributed by atoms with Gasteiger partial charge in [0.15, 0.2) is 23.2 Å². The average Bonchev–Trinajstić information content (AvgIpc) is 2.84. The summed E-state index contributed by atoms with van der Waals surface area (Å²) in [6, 6.07) is 7.99. The molecule has 0 saturated carbocycles. The first-order valence-electron chi connectivity index (χ1n) is 11.4. The molecule has 2 aromatic carbocycles. The van der Waals surface area contributed by atoms with Crippen LogP contribution in [-0.2, 0) is 4.79 Å². The first-order valence-corrected chi connectivity index (χ1v) is 11.4. The third kappa shape index (κ3) is 6.32. The minimum absolute atomic E-state index is 0.118. The monoisotopic (exact) mass is 476 g/mol. The van der Waals surface area contributed by atoms with Crippen molar-refractivity contribution in [1.82, 2.24) is 4.90 Å². The van der Waals surface area contributed by atoms with E-state index in [2.05, 4.69) is 6.58 Å². The number of anilines is 1. The van der Waals surface area contributed by atoms with E-state index in [-0.39, 0.29) is 18.0 Å². The number of hydrogen-bond acceptors (Lipinski definition) is 5. The number of hydrogen-bond donors (Lipinski definition) is 0. The SMILES string of the molecule is [B]C(=O)N1CCN(c2ccc(F)c(OC)c2)C[C@@H]1CC(=O)/C=C/c1ccc(OCC=C)c(C)c1C. The first kappa shape index (κ1) is 26.1. The Bertz CT molecular complexity index is 1130. The van der Waals surface area contributed by atoms with Crippen molar-refractivity contribution in [1.29, 1.82) is 0 Å². The fourth-order valence-electron chi connectivity index (χ4n) is 4.19. The van der Waals surface area contributed by atoms with Gasteiger partial charge in [-0.1, -0.05) is 24.8 Å². The van der Waals surface area contributed by atoms with Crippen molar-refractivity contribution in [2.45, 2.75) is 26.3 Å². The van der Waals surface area contributed by atoms with Crippen LogP contribution >= 0.6 is 0 Å². The highest BCUT2D eigenvalue weighted by Crippen LogP contribution is 2.28. The van der Waals surface area contributed by atoms with E-state index in [4.69, 9.17) is 17.3 Å². The zero-order chi connectivity index (χ0) is 25.5. The highest BCUT2D eigenvalue weighted by atomic mass is 19.1. The molecule has 1 aliphatic heterocycles. The number of methoxy groups -OCH3 is 1. The van der Waals surface area contributed by atoms with Crippen molar-refractivity contribution in [3.05, 3.63) is 71.6 Å². The molecule has 1 aliphatic rings. The van der Waals surface area contributed by atoms with Gasteiger partial charge >= 0.3 is 0 Å². The molecule has 0 bridgehead atoms. The summed E-state index contributed by atoms with van der Waals surface area (Å²) in [7, 11) is 6.99. The summed E-state index contributed by atoms with van der Waals surface area (Å²) >= 11 is 0. The molecule has 0 spiro atoms. The predicted octanol–water partition coefficient (Wildman–Crippen LogP) is 4.47. The second kappa shape index (κ2) is 11.7. The summed E-state index contributed by atoms with van der Waals surface area (Å²) in [5.74, 6) is -0.215. The van der Waals surface area contributed by atoms with Crippen LogP contribution in [0.2, 0.25) is 0 Å². The van der Waals surface area contributed by atoms with Crippen LogP contribution in [0, 0.1) is 19.7 Å². The summed E-state index contributed by atoms with van der Waals surface area (Å²) < 4.78 is 24.6. The van der Waals surface area contributed by atoms with Crippen LogP contribution in [-0.4, -0.2) is 63.7 Å². The first-order chi connectivity index (χ1) is 16.7. The van der Waals surface area contributed by atoms with E-state index < -0.39 is 17.7 Å². The molecule has 3 rings (SSSR count). The van der Waals surface area contributed by atoms with E-state index in [0.717, 1.165) is 28.1 Å². The fourth-order valence-corrected chi connectivity index (χ4v) is 4.19. The molecule has 0 aliphatic carbocycles. The standard InChI is InChI=1S/C27H30BFN2O4/c1-5-14-35-25-11-7-20(18(2)19(25)3)6-9-23(32)15-22-17-30(12-13-31(22)27(28)33)21-8-10-24(29)26(16-21)34-4/h5-11,16,22H,1,12-15,17H2,2-4H3/b9-6+/t22-/m0/s1. The van der Waals surface area contributed by atoms with Gasteiger partial charge in [0.2, 0.25) is 7.85 Å². The number of nitrogens with zero attached hydrogens (tertiary/aromatic N) is 2. The Hall–Kier alpha value is -3.55. The van der Waals surface area contributed by atoms with Crippen LogP contribution in [0.1, 0.15) is 23.1 Å². The van der Waals surface area contributed by atoms with E-state index in [0.29, 0.717) is 26.2 Å². The third-order valence-electron chi connectivity index (χ3n) is 6.29. The molecular formula is C27H30BFN2O4. The molecule has 35 heavy (non-hydrogen) atoms. The van der Waals surface area contributed by atoms with Crippen LogP contribution < -0.4 is 14.4 Å². The van der Waals surface area contributed by atoms with Crippen molar-refractivity contribution < 1.29 is 23.5 Å². The number of rotatable bonds is 9. The summed E-state index contributed by atoms with van der Waals surface area (Å²) in [6.45, 7) is 9.30. The number of carbonyl (C=O) groups is 2. The van der Waals surface area contributed by atoms with E-state index in [1.165, 1.54) is 24.2 Å². The Labute approximate surface area is 207 Å². The molecule has 1 amide bonds. The second-order valence-electron chi connectivity index (χ2n) is 8.46. The van der Waals surface area contributed by atoms with Crippen molar-refractivity contribution in [3.8, 4) is 11.5 Å². The minimum Gasteiger partial charge on any atom is -0.494 e. The van der Waals surface area contributed by atoms with Gasteiger partial charge in [-0.25, -0.2) is 4.39 Å². The number of halogens is 1. The number of benzene rings is 2. The average molecular weight is 476 g/mol. The molecule has 0 aromatic heterocycles. The largest absolute Gasteiger partial charge is 0.494 e. The molecule has 6 nitrogen and oxygen atoms in total. The molecule has 2 radical (unpaired) electrons. The topological polar surface area (TPSA) is 59.1 Å². The van der Waals surface area contributed by atoms with E-state index in [9.17, 15) is 14.0 Å². The van der Waals surface area contributed by atoms with E-state index in [1.807, 2.05) is 30.9 Å². The Balaban J connectivity index is 1.73. The van der Waals surface area contributed by atoms with Crippen LogP contribution in [0.25, 0.3) is 6.08 Å². The molecule has 1 atom stereocenters. The van der Waals surface area contributed by atoms with E-state index >= 15 is 0 Å². The summed E-state index contributed by atoms with van der Waals surface area (Å²) in [6.07, 6.45) is 5.12. The number of ether oxygens (including phenoxy) is 2. The lowest BCUT2D eigenvalue weighted by molar-refractivity contribution is -0.115. The maximum absolute atomic E-state index is 13.8. The lowest BCUT2D eigenvalue weighted by atomic mass is 9.98. The Morgan fingerprint density at radius 1 is 1.17 bits per heavy atom. The summed E-state index contributed by atoms with van der Waals surface area (Å²) in [5.41, 5.74) is 3.69. The van der Waals surface area contributed by atoms with Gasteiger partial charge in [0.1, 0.15) is 12.4 Å². The minimum atomic E-state index is -0.565. The van der Waals surface area contributed by atoms with Gasteiger partial charge in [-0.15, -0.1) is 0 Å². The van der Waals surface area contributed by atoms with Gasteiger partial charge < -0.3 is 19.3 Å². The molecular weight excluding hydrogens is 446 g/mol. The summed E-state index contributed by atoms with van der Waals surface area (Å²) in [4.78, 5) is 28.4. The van der Waals surface area contributed by atoms with Gasteiger partial charge in [-0.3, -0.25) is 9.59 Å². The molecule has 1 fully saturated rings. The van der Waals surface area contributed by atoms with Crippen molar-refractivity contribution in [2.75, 3.05) is 38.3 Å². The molecule has 8 heteroatoms. The second-order valence-corrected chi connectivity index (χ2v) is 8.46. The van der Waals surface area contributed by atoms with Crippen molar-refractivity contribution in [3.63, 3.8) is 0 Å². The van der Waals surface area contributed by atoms with Gasteiger partial charge in [-0.2, -0.15) is 0 Å². The van der Waals surface area contributed by atoms with Gasteiger partial charge in [0, 0.05) is 37.8 Å². The Kier molecular flexibility index (Phi) is 8.74. The third-order valence-corrected chi connectivity index (χ3v) is 6.29. The zero-order valence-corrected chi connectivity index (χ0v) is 20.4. The Morgan fingerprint density at radius 3 is 2.63 bits per heavy atom. The van der Waals surface area contributed by atoms with Crippen LogP contribution in [0.4, 0.5) is 14.9 Å². The smallest absolute Gasteiger partial charge is 0.200 e. The van der Waals surface area contributed by atoms with Crippen LogP contribution in [0.15, 0.2) is 49.1 Å². The number of carbonyl (C=O) groups excluding carboxylic acids is 2. The maximum atomic E-state index is 13.8. The van der Waals surface area contributed by atoms with Crippen molar-refractivity contribution >= 4 is 31.2 Å². The number of amides is 1. The lowest BCUT2D eigenvalue weighted by Gasteiger charge is -2.42. The molecule has 1 saturated heterocycles. The van der Waals surface area contributed by atoms with Gasteiger partial charge in [0.25, 0.3) is 0 Å². The van der Waals surface area contributed by atoms with E-state index in [1.54, 1.807) is 24.3 Å². The van der Waals surface area contributed by atoms with Crippen LogP contribution in [0.5, 0.6) is 11.5 Å². The lowest BCUT2D eigenvalue weighted by Crippen LogP contribution is -2.55. The quantitative estimate of drug-likeness (QED) is 0.304. The molecule has 182 valence electrons. The summed E-state index contributed by atoms with van der Waals surface area (Å²) in [5, 5.41) is 0. The van der Waals surface area contributed by atoms with Crippen LogP contribution in [0.3, 0.4) is 0 Å². The predicted molar refractivity (Wildman–Crippen MR) is 137 cm³/mol. The number of ketones is 1. The molecule has 0 N–H and O–H groups in total. The fraction of sp³-hybridized carbons (Fsp3) is 0.333. The molecule has 0 unspecified atom stereocenters. The highest BCUT2D eigenvalue weighted by Gasteiger charge is 2.30. The number of allylic oxidation sites excluding steroid dienone is 1. The molecule has 2 aromatic rings. The van der Waals surface area contributed by atoms with Crippen molar-refractivity contribution in [2.24, 2.45) is 0 Å². The highest BCUT2D eigenvalue weighted by molar-refractivity contribution is 6.57. The maximum Gasteiger partial charge on any atom is 0.200 e.